The number of aryl methyl sites for hydroxylation is 1. The first-order chi connectivity index (χ1) is 16.1. The molecule has 0 spiro atoms. The molecule has 3 aromatic rings. The minimum atomic E-state index is -0.0508. The minimum absolute atomic E-state index is 0.0508. The molecule has 0 atom stereocenters. The van der Waals surface area contributed by atoms with Crippen molar-refractivity contribution >= 4 is 28.5 Å². The molecule has 33 heavy (non-hydrogen) atoms. The first-order valence-corrected chi connectivity index (χ1v) is 11.9. The van der Waals surface area contributed by atoms with Crippen LogP contribution in [-0.2, 0) is 18.4 Å². The molecule has 174 valence electrons. The number of carbonyl (C=O) groups excluding carboxylic acids is 2. The summed E-state index contributed by atoms with van der Waals surface area (Å²) >= 11 is 0. The lowest BCUT2D eigenvalue weighted by atomic mass is 9.88. The molecule has 1 saturated heterocycles. The van der Waals surface area contributed by atoms with Crippen LogP contribution in [0.4, 0.5) is 5.69 Å². The number of nitrogens with zero attached hydrogens (tertiary/aromatic N) is 4. The number of piperazine rings is 1. The molecule has 1 aromatic carbocycles. The lowest BCUT2D eigenvalue weighted by Crippen LogP contribution is -2.48. The second-order valence-electron chi connectivity index (χ2n) is 9.16. The van der Waals surface area contributed by atoms with Crippen molar-refractivity contribution < 1.29 is 14.0 Å². The molecule has 8 heteroatoms. The second-order valence-corrected chi connectivity index (χ2v) is 9.16. The van der Waals surface area contributed by atoms with E-state index in [4.69, 9.17) is 9.40 Å². The number of rotatable bonds is 5. The summed E-state index contributed by atoms with van der Waals surface area (Å²) in [6, 6.07) is 9.41. The van der Waals surface area contributed by atoms with Gasteiger partial charge in [-0.3, -0.25) is 14.5 Å². The number of fused-ring (bicyclic) bond motifs is 1. The van der Waals surface area contributed by atoms with E-state index in [1.807, 2.05) is 30.1 Å². The Morgan fingerprint density at radius 2 is 1.88 bits per heavy atom. The van der Waals surface area contributed by atoms with Crippen molar-refractivity contribution in [3.05, 3.63) is 48.2 Å². The Morgan fingerprint density at radius 3 is 2.61 bits per heavy atom. The van der Waals surface area contributed by atoms with Gasteiger partial charge in [-0.1, -0.05) is 19.3 Å². The maximum Gasteiger partial charge on any atom is 0.289 e. The van der Waals surface area contributed by atoms with E-state index in [0.717, 1.165) is 67.9 Å². The van der Waals surface area contributed by atoms with Crippen LogP contribution in [0.15, 0.2) is 41.0 Å². The van der Waals surface area contributed by atoms with Crippen LogP contribution < -0.4 is 5.32 Å². The normalized spacial score (nSPS) is 18.0. The first-order valence-electron chi connectivity index (χ1n) is 11.9. The van der Waals surface area contributed by atoms with Gasteiger partial charge in [0.2, 0.25) is 5.91 Å². The van der Waals surface area contributed by atoms with Crippen LogP contribution >= 0.6 is 0 Å². The average Bonchev–Trinajstić information content (AvgIpc) is 3.48. The van der Waals surface area contributed by atoms with Gasteiger partial charge in [0.25, 0.3) is 5.91 Å². The Labute approximate surface area is 193 Å². The third-order valence-corrected chi connectivity index (χ3v) is 6.97. The maximum absolute atomic E-state index is 12.6. The van der Waals surface area contributed by atoms with Gasteiger partial charge in [-0.2, -0.15) is 0 Å². The summed E-state index contributed by atoms with van der Waals surface area (Å²) in [5, 5.41) is 3.10. The highest BCUT2D eigenvalue weighted by Crippen LogP contribution is 2.26. The Hall–Kier alpha value is -3.13. The standard InChI is InChI=1S/C25H31N5O3/c1-28-21-10-9-19(26-24(31)18-6-3-2-4-7-18)16-20(21)27-23(28)17-29-11-13-30(14-12-29)25(32)22-8-5-15-33-22/h5,8-10,15-16,18H,2-4,6-7,11-14,17H2,1H3,(H,26,31). The number of hydrogen-bond acceptors (Lipinski definition) is 5. The molecule has 0 bridgehead atoms. The van der Waals surface area contributed by atoms with Crippen LogP contribution in [0.2, 0.25) is 0 Å². The summed E-state index contributed by atoms with van der Waals surface area (Å²) < 4.78 is 7.36. The summed E-state index contributed by atoms with van der Waals surface area (Å²) in [6.07, 6.45) is 7.03. The number of hydrogen-bond donors (Lipinski definition) is 1. The van der Waals surface area contributed by atoms with E-state index in [2.05, 4.69) is 14.8 Å². The number of aromatic nitrogens is 2. The molecule has 5 rings (SSSR count). The van der Waals surface area contributed by atoms with Crippen molar-refractivity contribution in [3.8, 4) is 0 Å². The third kappa shape index (κ3) is 4.66. The van der Waals surface area contributed by atoms with E-state index >= 15 is 0 Å². The van der Waals surface area contributed by atoms with Gasteiger partial charge in [-0.15, -0.1) is 0 Å². The highest BCUT2D eigenvalue weighted by Gasteiger charge is 2.25. The van der Waals surface area contributed by atoms with Crippen molar-refractivity contribution in [1.82, 2.24) is 19.4 Å². The number of imidazole rings is 1. The van der Waals surface area contributed by atoms with Gasteiger partial charge < -0.3 is 19.2 Å². The SMILES string of the molecule is Cn1c(CN2CCN(C(=O)c3ccco3)CC2)nc2cc(NC(=O)C3CCCCC3)ccc21. The topological polar surface area (TPSA) is 83.6 Å². The molecule has 2 fully saturated rings. The van der Waals surface area contributed by atoms with Gasteiger partial charge >= 0.3 is 0 Å². The monoisotopic (exact) mass is 449 g/mol. The van der Waals surface area contributed by atoms with Crippen LogP contribution in [-0.4, -0.2) is 57.3 Å². The lowest BCUT2D eigenvalue weighted by Gasteiger charge is -2.34. The van der Waals surface area contributed by atoms with Crippen molar-refractivity contribution in [1.29, 1.82) is 0 Å². The maximum atomic E-state index is 12.6. The number of nitrogens with one attached hydrogen (secondary N) is 1. The van der Waals surface area contributed by atoms with Crippen LogP contribution in [0.5, 0.6) is 0 Å². The molecule has 0 unspecified atom stereocenters. The fourth-order valence-corrected chi connectivity index (χ4v) is 4.94. The largest absolute Gasteiger partial charge is 0.459 e. The average molecular weight is 450 g/mol. The second kappa shape index (κ2) is 9.39. The summed E-state index contributed by atoms with van der Waals surface area (Å²) in [5.74, 6) is 1.58. The highest BCUT2D eigenvalue weighted by atomic mass is 16.3. The molecule has 0 radical (unpaired) electrons. The van der Waals surface area contributed by atoms with Gasteiger partial charge in [0.1, 0.15) is 5.82 Å². The molecule has 1 N–H and O–H groups in total. The van der Waals surface area contributed by atoms with Gasteiger partial charge in [0.05, 0.1) is 23.8 Å². The zero-order chi connectivity index (χ0) is 22.8. The highest BCUT2D eigenvalue weighted by molar-refractivity contribution is 5.94. The van der Waals surface area contributed by atoms with E-state index in [-0.39, 0.29) is 17.7 Å². The predicted molar refractivity (Wildman–Crippen MR) is 126 cm³/mol. The first kappa shape index (κ1) is 21.7. The molecule has 3 heterocycles. The fraction of sp³-hybridized carbons (Fsp3) is 0.480. The summed E-state index contributed by atoms with van der Waals surface area (Å²) in [6.45, 7) is 3.63. The molecule has 2 aliphatic rings. The number of benzene rings is 1. The van der Waals surface area contributed by atoms with E-state index in [1.54, 1.807) is 12.1 Å². The summed E-state index contributed by atoms with van der Waals surface area (Å²) in [4.78, 5) is 34.1. The van der Waals surface area contributed by atoms with Crippen molar-refractivity contribution in [2.75, 3.05) is 31.5 Å². The quantitative estimate of drug-likeness (QED) is 0.643. The van der Waals surface area contributed by atoms with Crippen LogP contribution in [0.25, 0.3) is 11.0 Å². The van der Waals surface area contributed by atoms with Crippen LogP contribution in [0.3, 0.4) is 0 Å². The molecule has 2 aromatic heterocycles. The molecular weight excluding hydrogens is 418 g/mol. The number of anilines is 1. The fourth-order valence-electron chi connectivity index (χ4n) is 4.94. The Balaban J connectivity index is 1.21. The van der Waals surface area contributed by atoms with E-state index in [1.165, 1.54) is 12.7 Å². The van der Waals surface area contributed by atoms with E-state index < -0.39 is 0 Å². The molecule has 1 aliphatic heterocycles. The minimum Gasteiger partial charge on any atom is -0.459 e. The summed E-state index contributed by atoms with van der Waals surface area (Å²) in [5.41, 5.74) is 2.75. The zero-order valence-corrected chi connectivity index (χ0v) is 19.1. The van der Waals surface area contributed by atoms with Crippen LogP contribution in [0.1, 0.15) is 48.5 Å². The molecule has 2 amide bonds. The van der Waals surface area contributed by atoms with Gasteiger partial charge in [-0.25, -0.2) is 4.98 Å². The van der Waals surface area contributed by atoms with Gasteiger partial charge in [-0.05, 0) is 43.2 Å². The lowest BCUT2D eigenvalue weighted by molar-refractivity contribution is -0.120. The van der Waals surface area contributed by atoms with Crippen molar-refractivity contribution in [3.63, 3.8) is 0 Å². The number of amides is 2. The summed E-state index contributed by atoms with van der Waals surface area (Å²) in [7, 11) is 2.03. The Bertz CT molecular complexity index is 1120. The number of furan rings is 1. The smallest absolute Gasteiger partial charge is 0.289 e. The zero-order valence-electron chi connectivity index (χ0n) is 19.1. The van der Waals surface area contributed by atoms with Gasteiger partial charge in [0.15, 0.2) is 5.76 Å². The third-order valence-electron chi connectivity index (χ3n) is 6.97. The number of carbonyl (C=O) groups is 2. The molecule has 1 saturated carbocycles. The van der Waals surface area contributed by atoms with Crippen molar-refractivity contribution in [2.45, 2.75) is 38.6 Å². The van der Waals surface area contributed by atoms with Gasteiger partial charge in [0, 0.05) is 44.8 Å². The molecular formula is C25H31N5O3. The van der Waals surface area contributed by atoms with Crippen LogP contribution in [0, 0.1) is 5.92 Å². The van der Waals surface area contributed by atoms with E-state index in [0.29, 0.717) is 18.8 Å². The predicted octanol–water partition coefficient (Wildman–Crippen LogP) is 3.64. The Morgan fingerprint density at radius 1 is 1.09 bits per heavy atom. The van der Waals surface area contributed by atoms with Crippen molar-refractivity contribution in [2.24, 2.45) is 13.0 Å². The van der Waals surface area contributed by atoms with E-state index in [9.17, 15) is 9.59 Å². The molecule has 1 aliphatic carbocycles. The molecule has 8 nitrogen and oxygen atoms in total. The Kier molecular flexibility index (Phi) is 6.17.